The number of rotatable bonds is 5. The van der Waals surface area contributed by atoms with E-state index in [1.807, 2.05) is 0 Å². The van der Waals surface area contributed by atoms with E-state index in [-0.39, 0.29) is 6.10 Å². The second-order valence-corrected chi connectivity index (χ2v) is 4.87. The zero-order chi connectivity index (χ0) is 14.7. The molecule has 9 nitrogen and oxygen atoms in total. The Hall–Kier alpha value is -1.84. The first-order valence-corrected chi connectivity index (χ1v) is 7.08. The third-order valence-corrected chi connectivity index (χ3v) is 3.44. The van der Waals surface area contributed by atoms with E-state index < -0.39 is 0 Å². The molecular weight excluding hydrogens is 274 g/mol. The predicted molar refractivity (Wildman–Crippen MR) is 73.2 cm³/mol. The molecule has 1 atom stereocenters. The van der Waals surface area contributed by atoms with E-state index in [4.69, 9.17) is 15.0 Å². The van der Waals surface area contributed by atoms with Crippen LogP contribution in [0.3, 0.4) is 0 Å². The predicted octanol–water partition coefficient (Wildman–Crippen LogP) is -0.320. The molecule has 0 spiro atoms. The Bertz CT molecular complexity index is 582. The second kappa shape index (κ2) is 6.29. The summed E-state index contributed by atoms with van der Waals surface area (Å²) in [6.07, 6.45) is 1.58. The van der Waals surface area contributed by atoms with Gasteiger partial charge in [-0.25, -0.2) is 0 Å². The molecule has 0 aromatic carbocycles. The molecule has 3 heterocycles. The van der Waals surface area contributed by atoms with Crippen LogP contribution in [0, 0.1) is 0 Å². The van der Waals surface area contributed by atoms with Gasteiger partial charge in [0.1, 0.15) is 6.10 Å². The molecule has 2 aromatic rings. The van der Waals surface area contributed by atoms with Crippen LogP contribution in [0.5, 0.6) is 0 Å². The summed E-state index contributed by atoms with van der Waals surface area (Å²) in [4.78, 5) is 6.66. The molecule has 2 aromatic heterocycles. The Labute approximate surface area is 122 Å². The van der Waals surface area contributed by atoms with E-state index >= 15 is 0 Å². The maximum absolute atomic E-state index is 5.70. The molecule has 1 aliphatic heterocycles. The highest BCUT2D eigenvalue weighted by atomic mass is 16.5. The number of nitrogens with two attached hydrogens (primary N) is 1. The average molecular weight is 293 g/mol. The van der Waals surface area contributed by atoms with Gasteiger partial charge in [0.2, 0.25) is 5.82 Å². The van der Waals surface area contributed by atoms with Crippen LogP contribution in [0.15, 0.2) is 10.7 Å². The van der Waals surface area contributed by atoms with Crippen molar-refractivity contribution in [2.75, 3.05) is 32.8 Å². The van der Waals surface area contributed by atoms with Gasteiger partial charge in [-0.3, -0.25) is 9.58 Å². The van der Waals surface area contributed by atoms with Crippen LogP contribution in [0.2, 0.25) is 0 Å². The van der Waals surface area contributed by atoms with Gasteiger partial charge in [-0.1, -0.05) is 17.3 Å². The van der Waals surface area contributed by atoms with Crippen LogP contribution < -0.4 is 5.73 Å². The summed E-state index contributed by atoms with van der Waals surface area (Å²) in [5.41, 5.74) is 6.02. The van der Waals surface area contributed by atoms with E-state index in [0.29, 0.717) is 37.1 Å². The topological polar surface area (TPSA) is 108 Å². The molecule has 1 unspecified atom stereocenters. The van der Waals surface area contributed by atoms with Gasteiger partial charge in [0.05, 0.1) is 19.3 Å². The lowest BCUT2D eigenvalue weighted by atomic mass is 10.2. The maximum atomic E-state index is 5.70. The Morgan fingerprint density at radius 1 is 1.48 bits per heavy atom. The molecule has 2 N–H and O–H groups in total. The monoisotopic (exact) mass is 293 g/mol. The van der Waals surface area contributed by atoms with Crippen LogP contribution in [0.1, 0.15) is 18.9 Å². The molecule has 9 heteroatoms. The van der Waals surface area contributed by atoms with Gasteiger partial charge in [0.25, 0.3) is 5.89 Å². The highest BCUT2D eigenvalue weighted by Gasteiger charge is 2.26. The Morgan fingerprint density at radius 2 is 2.38 bits per heavy atom. The fraction of sp³-hybridized carbons (Fsp3) is 0.667. The molecule has 1 fully saturated rings. The number of hydrogen-bond donors (Lipinski definition) is 1. The lowest BCUT2D eigenvalue weighted by Crippen LogP contribution is -2.38. The maximum Gasteiger partial charge on any atom is 0.280 e. The summed E-state index contributed by atoms with van der Waals surface area (Å²) in [6, 6.07) is 0. The summed E-state index contributed by atoms with van der Waals surface area (Å²) >= 11 is 0. The number of aromatic nitrogens is 5. The normalized spacial score (nSPS) is 20.0. The fourth-order valence-electron chi connectivity index (χ4n) is 2.25. The quantitative estimate of drug-likeness (QED) is 0.799. The SMILES string of the molecule is CCN1CCOC(c2noc(-c3cn(CCN)nn3)n2)C1. The third-order valence-electron chi connectivity index (χ3n) is 3.44. The Balaban J connectivity index is 1.73. The van der Waals surface area contributed by atoms with Crippen molar-refractivity contribution in [3.05, 3.63) is 12.0 Å². The first kappa shape index (κ1) is 14.1. The number of likely N-dealkylation sites (N-methyl/N-ethyl adjacent to an activating group) is 1. The van der Waals surface area contributed by atoms with Crippen LogP contribution in [-0.2, 0) is 11.3 Å². The van der Waals surface area contributed by atoms with Gasteiger partial charge in [0.15, 0.2) is 5.69 Å². The molecule has 0 aliphatic carbocycles. The first-order valence-electron chi connectivity index (χ1n) is 7.08. The van der Waals surface area contributed by atoms with Crippen molar-refractivity contribution in [3.8, 4) is 11.6 Å². The number of hydrogen-bond acceptors (Lipinski definition) is 8. The van der Waals surface area contributed by atoms with Crippen LogP contribution in [0.25, 0.3) is 11.6 Å². The molecule has 114 valence electrons. The smallest absolute Gasteiger partial charge is 0.280 e. The molecule has 0 bridgehead atoms. The Morgan fingerprint density at radius 3 is 3.19 bits per heavy atom. The van der Waals surface area contributed by atoms with Gasteiger partial charge in [-0.15, -0.1) is 5.10 Å². The van der Waals surface area contributed by atoms with Crippen molar-refractivity contribution >= 4 is 0 Å². The van der Waals surface area contributed by atoms with Gasteiger partial charge in [-0.05, 0) is 6.54 Å². The first-order chi connectivity index (χ1) is 10.3. The van der Waals surface area contributed by atoms with Crippen molar-refractivity contribution in [1.29, 1.82) is 0 Å². The molecule has 0 saturated carbocycles. The van der Waals surface area contributed by atoms with Crippen molar-refractivity contribution in [1.82, 2.24) is 30.0 Å². The largest absolute Gasteiger partial charge is 0.367 e. The minimum Gasteiger partial charge on any atom is -0.367 e. The average Bonchev–Trinajstić information content (AvgIpc) is 3.16. The molecular formula is C12H19N7O2. The van der Waals surface area contributed by atoms with E-state index in [1.54, 1.807) is 10.9 Å². The van der Waals surface area contributed by atoms with Crippen molar-refractivity contribution < 1.29 is 9.26 Å². The van der Waals surface area contributed by atoms with Crippen molar-refractivity contribution in [3.63, 3.8) is 0 Å². The molecule has 0 radical (unpaired) electrons. The number of morpholine rings is 1. The standard InChI is InChI=1S/C12H19N7O2/c1-2-18-5-6-20-10(8-18)11-14-12(21-16-11)9-7-19(4-3-13)17-15-9/h7,10H,2-6,8,13H2,1H3. The van der Waals surface area contributed by atoms with Gasteiger partial charge in [-0.2, -0.15) is 4.98 Å². The summed E-state index contributed by atoms with van der Waals surface area (Å²) in [7, 11) is 0. The van der Waals surface area contributed by atoms with E-state index in [1.165, 1.54) is 0 Å². The highest BCUT2D eigenvalue weighted by Crippen LogP contribution is 2.22. The van der Waals surface area contributed by atoms with Crippen LogP contribution >= 0.6 is 0 Å². The van der Waals surface area contributed by atoms with Gasteiger partial charge >= 0.3 is 0 Å². The fourth-order valence-corrected chi connectivity index (χ4v) is 2.25. The summed E-state index contributed by atoms with van der Waals surface area (Å²) in [5.74, 6) is 0.905. The Kier molecular flexibility index (Phi) is 4.23. The summed E-state index contributed by atoms with van der Waals surface area (Å²) in [5, 5.41) is 12.0. The van der Waals surface area contributed by atoms with Gasteiger partial charge < -0.3 is 15.0 Å². The van der Waals surface area contributed by atoms with Crippen molar-refractivity contribution in [2.45, 2.75) is 19.6 Å². The minimum atomic E-state index is -0.157. The molecule has 0 amide bonds. The van der Waals surface area contributed by atoms with Gasteiger partial charge in [0, 0.05) is 19.6 Å². The third kappa shape index (κ3) is 3.09. The number of nitrogens with zero attached hydrogens (tertiary/aromatic N) is 6. The lowest BCUT2D eigenvalue weighted by Gasteiger charge is -2.30. The summed E-state index contributed by atoms with van der Waals surface area (Å²) in [6.45, 7) is 6.60. The molecule has 1 saturated heterocycles. The minimum absolute atomic E-state index is 0.157. The summed E-state index contributed by atoms with van der Waals surface area (Å²) < 4.78 is 12.6. The molecule has 1 aliphatic rings. The highest BCUT2D eigenvalue weighted by molar-refractivity contribution is 5.43. The molecule has 21 heavy (non-hydrogen) atoms. The zero-order valence-electron chi connectivity index (χ0n) is 12.0. The van der Waals surface area contributed by atoms with E-state index in [9.17, 15) is 0 Å². The van der Waals surface area contributed by atoms with Crippen molar-refractivity contribution in [2.24, 2.45) is 5.73 Å². The second-order valence-electron chi connectivity index (χ2n) is 4.87. The van der Waals surface area contributed by atoms with E-state index in [2.05, 4.69) is 32.3 Å². The number of ether oxygens (including phenoxy) is 1. The van der Waals surface area contributed by atoms with Crippen LogP contribution in [-0.4, -0.2) is 62.8 Å². The lowest BCUT2D eigenvalue weighted by molar-refractivity contribution is -0.0334. The molecule has 3 rings (SSSR count). The van der Waals surface area contributed by atoms with Crippen LogP contribution in [0.4, 0.5) is 0 Å². The van der Waals surface area contributed by atoms with E-state index in [0.717, 1.165) is 19.6 Å². The zero-order valence-corrected chi connectivity index (χ0v) is 12.0.